The van der Waals surface area contributed by atoms with E-state index >= 15 is 0 Å². The van der Waals surface area contributed by atoms with Crippen molar-refractivity contribution in [2.24, 2.45) is 0 Å². The molecule has 2 aromatic carbocycles. The zero-order chi connectivity index (χ0) is 18.1. The summed E-state index contributed by atoms with van der Waals surface area (Å²) < 4.78 is 10.5. The van der Waals surface area contributed by atoms with E-state index in [1.54, 1.807) is 47.4 Å². The number of anilines is 1. The maximum atomic E-state index is 12.7. The fourth-order valence-corrected chi connectivity index (χ4v) is 3.06. The highest BCUT2D eigenvalue weighted by atomic mass is 16.7. The van der Waals surface area contributed by atoms with Crippen LogP contribution in [0.25, 0.3) is 0 Å². The lowest BCUT2D eigenvalue weighted by Gasteiger charge is -2.34. The molecule has 0 aromatic heterocycles. The van der Waals surface area contributed by atoms with E-state index in [0.717, 1.165) is 12.0 Å². The Labute approximate surface area is 149 Å². The second kappa shape index (κ2) is 6.51. The van der Waals surface area contributed by atoms with Crippen molar-refractivity contribution in [3.63, 3.8) is 0 Å². The first-order valence-electron chi connectivity index (χ1n) is 8.20. The normalized spacial score (nSPS) is 15.9. The molecule has 0 saturated carbocycles. The van der Waals surface area contributed by atoms with Crippen LogP contribution in [0.15, 0.2) is 42.5 Å². The van der Waals surface area contributed by atoms with Gasteiger partial charge in [-0.15, -0.1) is 0 Å². The van der Waals surface area contributed by atoms with Gasteiger partial charge in [0.05, 0.1) is 0 Å². The van der Waals surface area contributed by atoms with Crippen molar-refractivity contribution in [2.45, 2.75) is 0 Å². The predicted molar refractivity (Wildman–Crippen MR) is 92.7 cm³/mol. The summed E-state index contributed by atoms with van der Waals surface area (Å²) in [7, 11) is 0. The van der Waals surface area contributed by atoms with Gasteiger partial charge in [-0.25, -0.2) is 0 Å². The number of carbonyl (C=O) groups excluding carboxylic acids is 3. The minimum Gasteiger partial charge on any atom is -0.454 e. The third-order valence-electron chi connectivity index (χ3n) is 4.47. The van der Waals surface area contributed by atoms with Gasteiger partial charge in [0.2, 0.25) is 12.7 Å². The zero-order valence-electron chi connectivity index (χ0n) is 13.9. The third kappa shape index (κ3) is 2.88. The molecule has 0 radical (unpaired) electrons. The van der Waals surface area contributed by atoms with Crippen LogP contribution in [0.5, 0.6) is 11.5 Å². The first kappa shape index (κ1) is 16.1. The molecule has 4 rings (SSSR count). The smallest absolute Gasteiger partial charge is 0.254 e. The summed E-state index contributed by atoms with van der Waals surface area (Å²) in [6.07, 6.45) is 0.758. The molecule has 0 aliphatic carbocycles. The highest BCUT2D eigenvalue weighted by molar-refractivity contribution is 6.02. The molecule has 0 spiro atoms. The SMILES string of the molecule is O=Cc1ccc(N2CCN(C(=O)c3ccc4c(c3)OCO4)CC2=O)cc1. The largest absolute Gasteiger partial charge is 0.454 e. The van der Waals surface area contributed by atoms with Gasteiger partial charge in [-0.2, -0.15) is 0 Å². The number of hydrogen-bond donors (Lipinski definition) is 0. The van der Waals surface area contributed by atoms with E-state index < -0.39 is 0 Å². The molecule has 2 aromatic rings. The average Bonchev–Trinajstić information content (AvgIpc) is 3.15. The quantitative estimate of drug-likeness (QED) is 0.786. The molecular weight excluding hydrogens is 336 g/mol. The molecule has 0 unspecified atom stereocenters. The van der Waals surface area contributed by atoms with Crippen molar-refractivity contribution in [1.82, 2.24) is 4.90 Å². The van der Waals surface area contributed by atoms with Crippen molar-refractivity contribution in [1.29, 1.82) is 0 Å². The highest BCUT2D eigenvalue weighted by Gasteiger charge is 2.29. The van der Waals surface area contributed by atoms with Crippen LogP contribution in [-0.2, 0) is 4.79 Å². The molecule has 0 N–H and O–H groups in total. The number of hydrogen-bond acceptors (Lipinski definition) is 5. The standard InChI is InChI=1S/C19H16N2O5/c22-11-13-1-4-15(5-2-13)21-8-7-20(10-18(21)23)19(24)14-3-6-16-17(9-14)26-12-25-16/h1-6,9,11H,7-8,10,12H2. The molecule has 26 heavy (non-hydrogen) atoms. The maximum absolute atomic E-state index is 12.7. The fourth-order valence-electron chi connectivity index (χ4n) is 3.06. The Kier molecular flexibility index (Phi) is 4.04. The molecule has 7 heteroatoms. The Bertz CT molecular complexity index is 878. The Morgan fingerprint density at radius 3 is 2.50 bits per heavy atom. The number of fused-ring (bicyclic) bond motifs is 1. The lowest BCUT2D eigenvalue weighted by atomic mass is 10.1. The van der Waals surface area contributed by atoms with Gasteiger partial charge in [0, 0.05) is 29.9 Å². The van der Waals surface area contributed by atoms with Crippen LogP contribution in [-0.4, -0.2) is 49.4 Å². The molecule has 0 atom stereocenters. The van der Waals surface area contributed by atoms with E-state index in [0.29, 0.717) is 35.7 Å². The number of aldehydes is 1. The lowest BCUT2D eigenvalue weighted by molar-refractivity contribution is -0.120. The summed E-state index contributed by atoms with van der Waals surface area (Å²) >= 11 is 0. The van der Waals surface area contributed by atoms with E-state index in [4.69, 9.17) is 9.47 Å². The van der Waals surface area contributed by atoms with Gasteiger partial charge >= 0.3 is 0 Å². The number of ether oxygens (including phenoxy) is 2. The van der Waals surface area contributed by atoms with Crippen molar-refractivity contribution in [3.05, 3.63) is 53.6 Å². The second-order valence-electron chi connectivity index (χ2n) is 6.05. The number of carbonyl (C=O) groups is 3. The summed E-state index contributed by atoms with van der Waals surface area (Å²) in [4.78, 5) is 39.1. The third-order valence-corrected chi connectivity index (χ3v) is 4.47. The van der Waals surface area contributed by atoms with Gasteiger partial charge < -0.3 is 19.3 Å². The monoisotopic (exact) mass is 352 g/mol. The Morgan fingerprint density at radius 1 is 1.00 bits per heavy atom. The van der Waals surface area contributed by atoms with Crippen molar-refractivity contribution in [2.75, 3.05) is 31.3 Å². The Morgan fingerprint density at radius 2 is 1.77 bits per heavy atom. The Hall–Kier alpha value is -3.35. The van der Waals surface area contributed by atoms with Crippen molar-refractivity contribution < 1.29 is 23.9 Å². The second-order valence-corrected chi connectivity index (χ2v) is 6.05. The summed E-state index contributed by atoms with van der Waals surface area (Å²) in [5.74, 6) is 0.772. The van der Waals surface area contributed by atoms with Gasteiger partial charge in [-0.3, -0.25) is 14.4 Å². The summed E-state index contributed by atoms with van der Waals surface area (Å²) in [6, 6.07) is 11.8. The molecule has 132 valence electrons. The number of rotatable bonds is 3. The molecule has 1 saturated heterocycles. The molecule has 7 nitrogen and oxygen atoms in total. The van der Waals surface area contributed by atoms with E-state index in [2.05, 4.69) is 0 Å². The number of piperazine rings is 1. The maximum Gasteiger partial charge on any atom is 0.254 e. The topological polar surface area (TPSA) is 76.2 Å². The summed E-state index contributed by atoms with van der Waals surface area (Å²) in [5, 5.41) is 0. The van der Waals surface area contributed by atoms with Gasteiger partial charge in [-0.1, -0.05) is 0 Å². The summed E-state index contributed by atoms with van der Waals surface area (Å²) in [5.41, 5.74) is 1.74. The van der Waals surface area contributed by atoms with Crippen LogP contribution >= 0.6 is 0 Å². The Balaban J connectivity index is 1.46. The molecule has 0 bridgehead atoms. The van der Waals surface area contributed by atoms with Crippen LogP contribution in [0, 0.1) is 0 Å². The number of amides is 2. The van der Waals surface area contributed by atoms with Crippen LogP contribution in [0.1, 0.15) is 20.7 Å². The molecule has 2 aliphatic heterocycles. The minimum absolute atomic E-state index is 0.00269. The van der Waals surface area contributed by atoms with E-state index in [-0.39, 0.29) is 25.2 Å². The molecule has 1 fully saturated rings. The van der Waals surface area contributed by atoms with E-state index in [1.165, 1.54) is 4.90 Å². The molecule has 2 heterocycles. The summed E-state index contributed by atoms with van der Waals surface area (Å²) in [6.45, 7) is 0.972. The van der Waals surface area contributed by atoms with Crippen LogP contribution in [0.4, 0.5) is 5.69 Å². The van der Waals surface area contributed by atoms with Crippen molar-refractivity contribution >= 4 is 23.8 Å². The molecule has 2 aliphatic rings. The van der Waals surface area contributed by atoms with E-state index in [1.807, 2.05) is 0 Å². The van der Waals surface area contributed by atoms with Crippen molar-refractivity contribution in [3.8, 4) is 11.5 Å². The zero-order valence-corrected chi connectivity index (χ0v) is 13.9. The van der Waals surface area contributed by atoms with Gasteiger partial charge in [0.1, 0.15) is 12.8 Å². The number of nitrogens with zero attached hydrogens (tertiary/aromatic N) is 2. The van der Waals surface area contributed by atoms with Crippen LogP contribution in [0.3, 0.4) is 0 Å². The van der Waals surface area contributed by atoms with Crippen LogP contribution in [0.2, 0.25) is 0 Å². The average molecular weight is 352 g/mol. The van der Waals surface area contributed by atoms with E-state index in [9.17, 15) is 14.4 Å². The molecule has 2 amide bonds. The lowest BCUT2D eigenvalue weighted by Crippen LogP contribution is -2.52. The first-order chi connectivity index (χ1) is 12.7. The minimum atomic E-state index is -0.215. The number of benzene rings is 2. The van der Waals surface area contributed by atoms with Crippen LogP contribution < -0.4 is 14.4 Å². The van der Waals surface area contributed by atoms with Gasteiger partial charge in [0.15, 0.2) is 11.5 Å². The predicted octanol–water partition coefficient (Wildman–Crippen LogP) is 1.72. The first-order valence-corrected chi connectivity index (χ1v) is 8.20. The van der Waals surface area contributed by atoms with Gasteiger partial charge in [0.25, 0.3) is 5.91 Å². The molecular formula is C19H16N2O5. The van der Waals surface area contributed by atoms with Gasteiger partial charge in [-0.05, 0) is 42.5 Å². The fraction of sp³-hybridized carbons (Fsp3) is 0.211. The highest BCUT2D eigenvalue weighted by Crippen LogP contribution is 2.33.